The molecule has 0 aliphatic carbocycles. The molecular weight excluding hydrogens is 178 g/mol. The van der Waals surface area contributed by atoms with E-state index in [2.05, 4.69) is 11.2 Å². The van der Waals surface area contributed by atoms with Crippen LogP contribution in [0.3, 0.4) is 0 Å². The summed E-state index contributed by atoms with van der Waals surface area (Å²) in [5, 5.41) is 12.7. The molecule has 1 unspecified atom stereocenters. The molecule has 0 spiro atoms. The molecule has 1 aromatic rings. The van der Waals surface area contributed by atoms with E-state index in [1.807, 2.05) is 0 Å². The molecule has 14 heavy (non-hydrogen) atoms. The van der Waals surface area contributed by atoms with Crippen LogP contribution in [0.2, 0.25) is 0 Å². The normalized spacial score (nSPS) is 12.3. The zero-order chi connectivity index (χ0) is 10.2. The van der Waals surface area contributed by atoms with Crippen LogP contribution in [-0.2, 0) is 0 Å². The van der Waals surface area contributed by atoms with Gasteiger partial charge in [-0.15, -0.1) is 12.3 Å². The van der Waals surface area contributed by atoms with E-state index in [-0.39, 0.29) is 0 Å². The summed E-state index contributed by atoms with van der Waals surface area (Å²) in [6.07, 6.45) is 7.78. The highest BCUT2D eigenvalue weighted by Crippen LogP contribution is 2.11. The molecule has 0 radical (unpaired) electrons. The average Bonchev–Trinajstić information content (AvgIpc) is 2.70. The van der Waals surface area contributed by atoms with Crippen LogP contribution < -0.4 is 5.32 Å². The Morgan fingerprint density at radius 2 is 2.50 bits per heavy atom. The van der Waals surface area contributed by atoms with Crippen molar-refractivity contribution in [2.24, 2.45) is 0 Å². The third-order valence-corrected chi connectivity index (χ3v) is 1.88. The van der Waals surface area contributed by atoms with Crippen molar-refractivity contribution in [1.82, 2.24) is 5.32 Å². The first-order valence-electron chi connectivity index (χ1n) is 4.70. The van der Waals surface area contributed by atoms with Crippen molar-refractivity contribution < 1.29 is 9.52 Å². The molecule has 1 atom stereocenters. The van der Waals surface area contributed by atoms with E-state index in [1.165, 1.54) is 0 Å². The van der Waals surface area contributed by atoms with Crippen LogP contribution >= 0.6 is 0 Å². The fourth-order valence-electron chi connectivity index (χ4n) is 1.14. The molecule has 0 aromatic carbocycles. The minimum absolute atomic E-state index is 0.498. The van der Waals surface area contributed by atoms with Crippen molar-refractivity contribution in [3.8, 4) is 12.3 Å². The van der Waals surface area contributed by atoms with Crippen molar-refractivity contribution in [3.63, 3.8) is 0 Å². The molecule has 0 aliphatic heterocycles. The van der Waals surface area contributed by atoms with Crippen molar-refractivity contribution in [2.45, 2.75) is 18.9 Å². The maximum Gasteiger partial charge on any atom is 0.133 e. The lowest BCUT2D eigenvalue weighted by molar-refractivity contribution is 0.147. The standard InChI is InChI=1S/C11H15NO2/c1-2-3-4-7-12-9-10(13)11-6-5-8-14-11/h1,5-6,8,10,12-13H,3-4,7,9H2. The molecule has 0 fully saturated rings. The highest BCUT2D eigenvalue weighted by atomic mass is 16.4. The lowest BCUT2D eigenvalue weighted by Crippen LogP contribution is -2.22. The van der Waals surface area contributed by atoms with Crippen LogP contribution in [0.5, 0.6) is 0 Å². The van der Waals surface area contributed by atoms with Crippen molar-refractivity contribution in [2.75, 3.05) is 13.1 Å². The molecule has 3 heteroatoms. The van der Waals surface area contributed by atoms with Gasteiger partial charge in [0.05, 0.1) is 6.26 Å². The van der Waals surface area contributed by atoms with Gasteiger partial charge in [0.2, 0.25) is 0 Å². The van der Waals surface area contributed by atoms with Crippen molar-refractivity contribution in [3.05, 3.63) is 24.2 Å². The summed E-state index contributed by atoms with van der Waals surface area (Å²) < 4.78 is 5.05. The Balaban J connectivity index is 2.10. The molecule has 0 amide bonds. The predicted octanol–water partition coefficient (Wildman–Crippen LogP) is 1.32. The number of aliphatic hydroxyl groups is 1. The summed E-state index contributed by atoms with van der Waals surface area (Å²) in [5.74, 6) is 3.15. The number of nitrogens with one attached hydrogen (secondary N) is 1. The van der Waals surface area contributed by atoms with E-state index in [4.69, 9.17) is 10.8 Å². The van der Waals surface area contributed by atoms with E-state index in [9.17, 15) is 5.11 Å². The fraction of sp³-hybridized carbons (Fsp3) is 0.455. The SMILES string of the molecule is C#CCCCNCC(O)c1ccco1. The lowest BCUT2D eigenvalue weighted by atomic mass is 10.2. The minimum Gasteiger partial charge on any atom is -0.467 e. The summed E-state index contributed by atoms with van der Waals surface area (Å²) in [4.78, 5) is 0. The Morgan fingerprint density at radius 3 is 3.14 bits per heavy atom. The quantitative estimate of drug-likeness (QED) is 0.529. The summed E-state index contributed by atoms with van der Waals surface area (Å²) in [6, 6.07) is 3.52. The van der Waals surface area contributed by atoms with Crippen molar-refractivity contribution >= 4 is 0 Å². The third-order valence-electron chi connectivity index (χ3n) is 1.88. The Labute approximate surface area is 84.1 Å². The van der Waals surface area contributed by atoms with Gasteiger partial charge < -0.3 is 14.8 Å². The highest BCUT2D eigenvalue weighted by Gasteiger charge is 2.08. The maximum atomic E-state index is 9.57. The van der Waals surface area contributed by atoms with Crippen LogP contribution in [0, 0.1) is 12.3 Å². The second-order valence-electron chi connectivity index (χ2n) is 3.04. The molecule has 0 saturated heterocycles. The van der Waals surface area contributed by atoms with Gasteiger partial charge in [-0.05, 0) is 25.1 Å². The molecule has 3 nitrogen and oxygen atoms in total. The molecule has 0 aliphatic rings. The van der Waals surface area contributed by atoms with Crippen LogP contribution in [0.25, 0.3) is 0 Å². The minimum atomic E-state index is -0.573. The number of unbranched alkanes of at least 4 members (excludes halogenated alkanes) is 1. The number of aliphatic hydroxyl groups excluding tert-OH is 1. The first-order chi connectivity index (χ1) is 6.84. The molecular formula is C11H15NO2. The molecule has 1 aromatic heterocycles. The summed E-state index contributed by atoms with van der Waals surface area (Å²) in [6.45, 7) is 1.32. The monoisotopic (exact) mass is 193 g/mol. The van der Waals surface area contributed by atoms with Gasteiger partial charge in [0.15, 0.2) is 0 Å². The van der Waals surface area contributed by atoms with Gasteiger partial charge in [-0.2, -0.15) is 0 Å². The Hall–Kier alpha value is -1.24. The van der Waals surface area contributed by atoms with E-state index in [0.717, 1.165) is 19.4 Å². The Bertz CT molecular complexity index is 274. The summed E-state index contributed by atoms with van der Waals surface area (Å²) in [5.41, 5.74) is 0. The first-order valence-corrected chi connectivity index (χ1v) is 4.70. The predicted molar refractivity (Wildman–Crippen MR) is 54.6 cm³/mol. The molecule has 0 saturated carbocycles. The molecule has 0 bridgehead atoms. The molecule has 1 rings (SSSR count). The van der Waals surface area contributed by atoms with Gasteiger partial charge in [0.1, 0.15) is 11.9 Å². The zero-order valence-corrected chi connectivity index (χ0v) is 8.07. The second-order valence-corrected chi connectivity index (χ2v) is 3.04. The van der Waals surface area contributed by atoms with Crippen molar-refractivity contribution in [1.29, 1.82) is 0 Å². The molecule has 76 valence electrons. The zero-order valence-electron chi connectivity index (χ0n) is 8.07. The lowest BCUT2D eigenvalue weighted by Gasteiger charge is -2.08. The number of hydrogen-bond donors (Lipinski definition) is 2. The summed E-state index contributed by atoms with van der Waals surface area (Å²) >= 11 is 0. The second kappa shape index (κ2) is 6.25. The fourth-order valence-corrected chi connectivity index (χ4v) is 1.14. The van der Waals surface area contributed by atoms with Gasteiger partial charge in [0.25, 0.3) is 0 Å². The van der Waals surface area contributed by atoms with Crippen LogP contribution in [0.15, 0.2) is 22.8 Å². The van der Waals surface area contributed by atoms with E-state index in [0.29, 0.717) is 12.3 Å². The smallest absolute Gasteiger partial charge is 0.133 e. The Morgan fingerprint density at radius 1 is 1.64 bits per heavy atom. The highest BCUT2D eigenvalue weighted by molar-refractivity contribution is 5.02. The molecule has 1 heterocycles. The van der Waals surface area contributed by atoms with Gasteiger partial charge in [-0.25, -0.2) is 0 Å². The number of rotatable bonds is 6. The number of terminal acetylenes is 1. The van der Waals surface area contributed by atoms with Crippen LogP contribution in [0.1, 0.15) is 24.7 Å². The van der Waals surface area contributed by atoms with Gasteiger partial charge in [-0.1, -0.05) is 0 Å². The molecule has 2 N–H and O–H groups in total. The van der Waals surface area contributed by atoms with E-state index in [1.54, 1.807) is 18.4 Å². The van der Waals surface area contributed by atoms with E-state index >= 15 is 0 Å². The first kappa shape index (κ1) is 10.8. The topological polar surface area (TPSA) is 45.4 Å². The van der Waals surface area contributed by atoms with Gasteiger partial charge in [0, 0.05) is 13.0 Å². The Kier molecular flexibility index (Phi) is 4.84. The van der Waals surface area contributed by atoms with Gasteiger partial charge >= 0.3 is 0 Å². The maximum absolute atomic E-state index is 9.57. The van der Waals surface area contributed by atoms with E-state index < -0.39 is 6.10 Å². The average molecular weight is 193 g/mol. The van der Waals surface area contributed by atoms with Crippen LogP contribution in [-0.4, -0.2) is 18.2 Å². The largest absolute Gasteiger partial charge is 0.467 e. The number of hydrogen-bond acceptors (Lipinski definition) is 3. The third kappa shape index (κ3) is 3.65. The summed E-state index contributed by atoms with van der Waals surface area (Å²) in [7, 11) is 0. The number of furan rings is 1. The van der Waals surface area contributed by atoms with Gasteiger partial charge in [-0.3, -0.25) is 0 Å². The van der Waals surface area contributed by atoms with Crippen LogP contribution in [0.4, 0.5) is 0 Å².